The summed E-state index contributed by atoms with van der Waals surface area (Å²) in [5.74, 6) is -1.08. The number of carbonyl (C=O) groups excluding carboxylic acids is 1. The summed E-state index contributed by atoms with van der Waals surface area (Å²) < 4.78 is 4.94. The summed E-state index contributed by atoms with van der Waals surface area (Å²) in [6.45, 7) is 3.76. The van der Waals surface area contributed by atoms with Crippen molar-refractivity contribution in [3.05, 3.63) is 0 Å². The van der Waals surface area contributed by atoms with E-state index in [0.29, 0.717) is 32.5 Å². The van der Waals surface area contributed by atoms with Gasteiger partial charge in [-0.05, 0) is 32.6 Å². The second kappa shape index (κ2) is 7.99. The zero-order chi connectivity index (χ0) is 14.3. The number of carboxylic acids is 1. The number of urea groups is 1. The first-order valence-corrected chi connectivity index (χ1v) is 6.82. The predicted molar refractivity (Wildman–Crippen MR) is 71.0 cm³/mol. The Morgan fingerprint density at radius 1 is 1.42 bits per heavy atom. The predicted octanol–water partition coefficient (Wildman–Crippen LogP) is 1.31. The number of amides is 2. The van der Waals surface area contributed by atoms with Gasteiger partial charge in [0.2, 0.25) is 0 Å². The van der Waals surface area contributed by atoms with E-state index in [9.17, 15) is 9.59 Å². The zero-order valence-electron chi connectivity index (χ0n) is 11.7. The minimum absolute atomic E-state index is 0.0196. The molecule has 0 spiro atoms. The zero-order valence-corrected chi connectivity index (χ0v) is 11.7. The standard InChI is InChI=1S/C13H24N2O4/c1-10-9-11(12(16)17)5-7-15(10)13(18)14-6-3-4-8-19-2/h10-11H,3-9H2,1-2H3,(H,14,18)(H,16,17). The third-order valence-corrected chi connectivity index (χ3v) is 3.54. The van der Waals surface area contributed by atoms with Gasteiger partial charge in [0.05, 0.1) is 5.92 Å². The van der Waals surface area contributed by atoms with Crippen LogP contribution >= 0.6 is 0 Å². The molecule has 0 aromatic carbocycles. The van der Waals surface area contributed by atoms with Crippen LogP contribution in [0, 0.1) is 5.92 Å². The Labute approximate surface area is 114 Å². The van der Waals surface area contributed by atoms with Crippen molar-refractivity contribution in [2.45, 2.75) is 38.6 Å². The van der Waals surface area contributed by atoms with Crippen molar-refractivity contribution in [2.24, 2.45) is 5.92 Å². The molecule has 110 valence electrons. The van der Waals surface area contributed by atoms with Crippen LogP contribution in [0.15, 0.2) is 0 Å². The highest BCUT2D eigenvalue weighted by atomic mass is 16.5. The molecule has 1 saturated heterocycles. The first-order valence-electron chi connectivity index (χ1n) is 6.82. The minimum Gasteiger partial charge on any atom is -0.481 e. The van der Waals surface area contributed by atoms with Crippen LogP contribution in [0.3, 0.4) is 0 Å². The van der Waals surface area contributed by atoms with Crippen LogP contribution < -0.4 is 5.32 Å². The van der Waals surface area contributed by atoms with E-state index in [1.807, 2.05) is 6.92 Å². The fraction of sp³-hybridized carbons (Fsp3) is 0.846. The van der Waals surface area contributed by atoms with Gasteiger partial charge in [-0.15, -0.1) is 0 Å². The molecule has 19 heavy (non-hydrogen) atoms. The van der Waals surface area contributed by atoms with Crippen molar-refractivity contribution >= 4 is 12.0 Å². The molecule has 6 nitrogen and oxygen atoms in total. The summed E-state index contributed by atoms with van der Waals surface area (Å²) in [7, 11) is 1.66. The Balaban J connectivity index is 2.27. The lowest BCUT2D eigenvalue weighted by atomic mass is 9.92. The van der Waals surface area contributed by atoms with Gasteiger partial charge in [-0.1, -0.05) is 0 Å². The summed E-state index contributed by atoms with van der Waals surface area (Å²) in [6.07, 6.45) is 2.89. The number of ether oxygens (including phenoxy) is 1. The number of methoxy groups -OCH3 is 1. The van der Waals surface area contributed by atoms with Gasteiger partial charge in [-0.3, -0.25) is 4.79 Å². The number of likely N-dealkylation sites (tertiary alicyclic amines) is 1. The number of piperidine rings is 1. The Kier molecular flexibility index (Phi) is 6.62. The number of nitrogens with zero attached hydrogens (tertiary/aromatic N) is 1. The van der Waals surface area contributed by atoms with Crippen LogP contribution in [0.25, 0.3) is 0 Å². The third kappa shape index (κ3) is 5.06. The average molecular weight is 272 g/mol. The second-order valence-electron chi connectivity index (χ2n) is 5.03. The molecular weight excluding hydrogens is 248 g/mol. The minimum atomic E-state index is -0.758. The largest absolute Gasteiger partial charge is 0.481 e. The first kappa shape index (κ1) is 15.8. The molecule has 1 fully saturated rings. The molecule has 0 radical (unpaired) electrons. The quantitative estimate of drug-likeness (QED) is 0.714. The molecule has 2 unspecified atom stereocenters. The van der Waals surface area contributed by atoms with Gasteiger partial charge in [0.15, 0.2) is 0 Å². The number of unbranched alkanes of at least 4 members (excludes halogenated alkanes) is 1. The molecule has 0 aromatic rings. The van der Waals surface area contributed by atoms with E-state index in [1.54, 1.807) is 12.0 Å². The third-order valence-electron chi connectivity index (χ3n) is 3.54. The topological polar surface area (TPSA) is 78.9 Å². The molecule has 0 aliphatic carbocycles. The van der Waals surface area contributed by atoms with Gasteiger partial charge in [0.25, 0.3) is 0 Å². The van der Waals surface area contributed by atoms with E-state index in [0.717, 1.165) is 12.8 Å². The number of rotatable bonds is 6. The summed E-state index contributed by atoms with van der Waals surface area (Å²) in [5, 5.41) is 11.8. The lowest BCUT2D eigenvalue weighted by molar-refractivity contribution is -0.143. The van der Waals surface area contributed by atoms with Crippen LogP contribution in [-0.2, 0) is 9.53 Å². The van der Waals surface area contributed by atoms with Crippen LogP contribution in [0.5, 0.6) is 0 Å². The van der Waals surface area contributed by atoms with Crippen molar-refractivity contribution in [2.75, 3.05) is 26.8 Å². The summed E-state index contributed by atoms with van der Waals surface area (Å²) in [6, 6.07) is -0.109. The maximum absolute atomic E-state index is 12.0. The van der Waals surface area contributed by atoms with Crippen LogP contribution in [0.4, 0.5) is 4.79 Å². The molecule has 1 rings (SSSR count). The van der Waals surface area contributed by atoms with Gasteiger partial charge in [-0.25, -0.2) is 4.79 Å². The molecule has 0 saturated carbocycles. The molecule has 0 bridgehead atoms. The smallest absolute Gasteiger partial charge is 0.317 e. The molecule has 1 aliphatic heterocycles. The number of hydrogen-bond donors (Lipinski definition) is 2. The average Bonchev–Trinajstić information content (AvgIpc) is 2.38. The molecular formula is C13H24N2O4. The van der Waals surface area contributed by atoms with E-state index >= 15 is 0 Å². The maximum atomic E-state index is 12.0. The van der Waals surface area contributed by atoms with Crippen molar-refractivity contribution in [3.8, 4) is 0 Å². The number of hydrogen-bond acceptors (Lipinski definition) is 3. The van der Waals surface area contributed by atoms with E-state index in [1.165, 1.54) is 0 Å². The molecule has 0 aromatic heterocycles. The number of aliphatic carboxylic acids is 1. The summed E-state index contributed by atoms with van der Waals surface area (Å²) in [5.41, 5.74) is 0. The molecule has 2 atom stereocenters. The number of nitrogens with one attached hydrogen (secondary N) is 1. The molecule has 1 aliphatic rings. The van der Waals surface area contributed by atoms with E-state index < -0.39 is 5.97 Å². The van der Waals surface area contributed by atoms with Crippen LogP contribution in [0.2, 0.25) is 0 Å². The Morgan fingerprint density at radius 2 is 2.16 bits per heavy atom. The summed E-state index contributed by atoms with van der Waals surface area (Å²) in [4.78, 5) is 24.6. The van der Waals surface area contributed by atoms with Crippen molar-refractivity contribution in [3.63, 3.8) is 0 Å². The van der Waals surface area contributed by atoms with E-state index in [4.69, 9.17) is 9.84 Å². The van der Waals surface area contributed by atoms with Gasteiger partial charge < -0.3 is 20.1 Å². The molecule has 6 heteroatoms. The number of carboxylic acid groups (broad SMARTS) is 1. The maximum Gasteiger partial charge on any atom is 0.317 e. The van der Waals surface area contributed by atoms with Gasteiger partial charge in [-0.2, -0.15) is 0 Å². The normalized spacial score (nSPS) is 23.2. The first-order chi connectivity index (χ1) is 9.06. The number of carbonyl (C=O) groups is 2. The van der Waals surface area contributed by atoms with Gasteiger partial charge >= 0.3 is 12.0 Å². The highest BCUT2D eigenvalue weighted by Gasteiger charge is 2.31. The SMILES string of the molecule is COCCCCNC(=O)N1CCC(C(=O)O)CC1C. The van der Waals surface area contributed by atoms with Crippen LogP contribution in [0.1, 0.15) is 32.6 Å². The fourth-order valence-electron chi connectivity index (χ4n) is 2.37. The fourth-order valence-corrected chi connectivity index (χ4v) is 2.37. The highest BCUT2D eigenvalue weighted by Crippen LogP contribution is 2.22. The second-order valence-corrected chi connectivity index (χ2v) is 5.03. The van der Waals surface area contributed by atoms with Crippen molar-refractivity contribution < 1.29 is 19.4 Å². The summed E-state index contributed by atoms with van der Waals surface area (Å²) >= 11 is 0. The van der Waals surface area contributed by atoms with Crippen LogP contribution in [-0.4, -0.2) is 54.9 Å². The Bertz CT molecular complexity index is 309. The van der Waals surface area contributed by atoms with E-state index in [-0.39, 0.29) is 18.0 Å². The van der Waals surface area contributed by atoms with Gasteiger partial charge in [0, 0.05) is 32.8 Å². The lowest BCUT2D eigenvalue weighted by Crippen LogP contribution is -2.50. The van der Waals surface area contributed by atoms with Crippen molar-refractivity contribution in [1.29, 1.82) is 0 Å². The monoisotopic (exact) mass is 272 g/mol. The molecule has 1 heterocycles. The molecule has 2 N–H and O–H groups in total. The van der Waals surface area contributed by atoms with E-state index in [2.05, 4.69) is 5.32 Å². The molecule has 2 amide bonds. The van der Waals surface area contributed by atoms with Gasteiger partial charge in [0.1, 0.15) is 0 Å². The lowest BCUT2D eigenvalue weighted by Gasteiger charge is -2.36. The Morgan fingerprint density at radius 3 is 2.74 bits per heavy atom. The Hall–Kier alpha value is -1.30. The van der Waals surface area contributed by atoms with Crippen molar-refractivity contribution in [1.82, 2.24) is 10.2 Å². The highest BCUT2D eigenvalue weighted by molar-refractivity contribution is 5.75.